The molecule has 0 saturated heterocycles. The summed E-state index contributed by atoms with van der Waals surface area (Å²) in [5, 5.41) is 10.9. The second-order valence-electron chi connectivity index (χ2n) is 6.43. The summed E-state index contributed by atoms with van der Waals surface area (Å²) in [4.78, 5) is 25.5. The number of hydrogen-bond donors (Lipinski definition) is 1. The topological polar surface area (TPSA) is 103 Å². The molecule has 0 aromatic carbocycles. The molecule has 0 aliphatic rings. The molecule has 0 aliphatic heterocycles. The number of anilines is 1. The van der Waals surface area contributed by atoms with Crippen molar-refractivity contribution in [1.82, 2.24) is 34.3 Å². The van der Waals surface area contributed by atoms with E-state index in [1.807, 2.05) is 42.2 Å². The van der Waals surface area contributed by atoms with E-state index >= 15 is 0 Å². The first-order chi connectivity index (χ1) is 13.0. The summed E-state index contributed by atoms with van der Waals surface area (Å²) >= 11 is 0. The van der Waals surface area contributed by atoms with Crippen molar-refractivity contribution in [3.05, 3.63) is 48.8 Å². The van der Waals surface area contributed by atoms with Gasteiger partial charge in [0, 0.05) is 13.1 Å². The fourth-order valence-corrected chi connectivity index (χ4v) is 2.77. The molecule has 4 aromatic rings. The lowest BCUT2D eigenvalue weighted by Crippen LogP contribution is -2.15. The first-order valence-electron chi connectivity index (χ1n) is 8.48. The number of hydrogen-bond acceptors (Lipinski definition) is 6. The Labute approximate surface area is 155 Å². The molecule has 0 atom stereocenters. The maximum Gasteiger partial charge on any atom is 0.275 e. The second-order valence-corrected chi connectivity index (χ2v) is 6.43. The Kier molecular flexibility index (Phi) is 4.11. The van der Waals surface area contributed by atoms with E-state index in [-0.39, 0.29) is 11.9 Å². The van der Waals surface area contributed by atoms with Crippen molar-refractivity contribution < 1.29 is 4.79 Å². The van der Waals surface area contributed by atoms with Gasteiger partial charge >= 0.3 is 0 Å². The lowest BCUT2D eigenvalue weighted by atomic mass is 10.3. The highest BCUT2D eigenvalue weighted by Gasteiger charge is 2.14. The zero-order valence-electron chi connectivity index (χ0n) is 15.2. The van der Waals surface area contributed by atoms with Crippen LogP contribution in [-0.2, 0) is 7.05 Å². The van der Waals surface area contributed by atoms with Crippen molar-refractivity contribution in [2.45, 2.75) is 19.9 Å². The predicted molar refractivity (Wildman–Crippen MR) is 100 cm³/mol. The molecule has 4 rings (SSSR count). The van der Waals surface area contributed by atoms with E-state index in [0.717, 1.165) is 11.0 Å². The Morgan fingerprint density at radius 1 is 1.19 bits per heavy atom. The van der Waals surface area contributed by atoms with Gasteiger partial charge in [0.2, 0.25) is 0 Å². The van der Waals surface area contributed by atoms with Gasteiger partial charge in [-0.1, -0.05) is 6.07 Å². The summed E-state index contributed by atoms with van der Waals surface area (Å²) in [7, 11) is 1.87. The van der Waals surface area contributed by atoms with Gasteiger partial charge in [-0.05, 0) is 32.0 Å². The van der Waals surface area contributed by atoms with Crippen LogP contribution in [0.15, 0.2) is 43.1 Å². The highest BCUT2D eigenvalue weighted by atomic mass is 16.1. The first kappa shape index (κ1) is 16.8. The zero-order chi connectivity index (χ0) is 19.0. The van der Waals surface area contributed by atoms with Crippen molar-refractivity contribution in [2.75, 3.05) is 5.32 Å². The van der Waals surface area contributed by atoms with Crippen LogP contribution in [0.2, 0.25) is 0 Å². The van der Waals surface area contributed by atoms with E-state index in [4.69, 9.17) is 0 Å². The summed E-state index contributed by atoms with van der Waals surface area (Å²) in [6.07, 6.45) is 4.93. The van der Waals surface area contributed by atoms with Crippen LogP contribution in [0.4, 0.5) is 5.82 Å². The van der Waals surface area contributed by atoms with Gasteiger partial charge in [-0.15, -0.1) is 10.2 Å². The fourth-order valence-electron chi connectivity index (χ4n) is 2.77. The van der Waals surface area contributed by atoms with Gasteiger partial charge in [0.05, 0.1) is 18.0 Å². The van der Waals surface area contributed by atoms with E-state index in [9.17, 15) is 4.79 Å². The molecule has 4 aromatic heterocycles. The SMILES string of the molecule is CC(C)n1cnnc1-c1cccc(NC(=O)c2cc3c(cn2)ncn3C)n1. The van der Waals surface area contributed by atoms with Crippen LogP contribution in [-0.4, -0.2) is 40.2 Å². The molecular weight excluding hydrogens is 344 g/mol. The maximum absolute atomic E-state index is 12.6. The number of amides is 1. The zero-order valence-corrected chi connectivity index (χ0v) is 15.2. The lowest BCUT2D eigenvalue weighted by molar-refractivity contribution is 0.102. The highest BCUT2D eigenvalue weighted by molar-refractivity contribution is 6.03. The first-order valence-corrected chi connectivity index (χ1v) is 8.48. The summed E-state index contributed by atoms with van der Waals surface area (Å²) in [5.74, 6) is 0.728. The van der Waals surface area contributed by atoms with Crippen LogP contribution in [0.1, 0.15) is 30.4 Å². The molecule has 0 fully saturated rings. The van der Waals surface area contributed by atoms with E-state index < -0.39 is 0 Å². The Morgan fingerprint density at radius 2 is 2.04 bits per heavy atom. The van der Waals surface area contributed by atoms with Gasteiger partial charge in [0.1, 0.15) is 29.0 Å². The second kappa shape index (κ2) is 6.60. The smallest absolute Gasteiger partial charge is 0.275 e. The molecule has 1 N–H and O–H groups in total. The molecule has 1 amide bonds. The van der Waals surface area contributed by atoms with Crippen LogP contribution in [0.25, 0.3) is 22.6 Å². The number of carbonyl (C=O) groups is 1. The van der Waals surface area contributed by atoms with Gasteiger partial charge in [0.15, 0.2) is 5.82 Å². The minimum absolute atomic E-state index is 0.199. The Morgan fingerprint density at radius 3 is 2.85 bits per heavy atom. The van der Waals surface area contributed by atoms with Crippen molar-refractivity contribution in [3.63, 3.8) is 0 Å². The number of imidazole rings is 1. The molecule has 27 heavy (non-hydrogen) atoms. The van der Waals surface area contributed by atoms with Gasteiger partial charge in [-0.2, -0.15) is 0 Å². The van der Waals surface area contributed by atoms with Crippen LogP contribution < -0.4 is 5.32 Å². The molecule has 0 aliphatic carbocycles. The van der Waals surface area contributed by atoms with Crippen LogP contribution in [0.3, 0.4) is 0 Å². The predicted octanol–water partition coefficient (Wildman–Crippen LogP) is 2.46. The van der Waals surface area contributed by atoms with Crippen LogP contribution in [0.5, 0.6) is 0 Å². The molecular formula is C18H18N8O. The van der Waals surface area contributed by atoms with Crippen molar-refractivity contribution in [3.8, 4) is 11.5 Å². The number of rotatable bonds is 4. The Balaban J connectivity index is 1.61. The molecule has 4 heterocycles. The average molecular weight is 362 g/mol. The van der Waals surface area contributed by atoms with Gasteiger partial charge in [0.25, 0.3) is 5.91 Å². The average Bonchev–Trinajstić information content (AvgIpc) is 3.29. The standard InChI is InChI=1S/C18H18N8O/c1-11(2)26-10-21-24-17(26)12-5-4-6-16(22-12)23-18(27)13-7-15-14(8-19-13)20-9-25(15)3/h4-11H,1-3H3,(H,22,23,27). The summed E-state index contributed by atoms with van der Waals surface area (Å²) in [6, 6.07) is 7.27. The summed E-state index contributed by atoms with van der Waals surface area (Å²) < 4.78 is 3.76. The summed E-state index contributed by atoms with van der Waals surface area (Å²) in [6.45, 7) is 4.08. The van der Waals surface area contributed by atoms with Crippen LogP contribution in [0, 0.1) is 0 Å². The number of aromatic nitrogens is 7. The van der Waals surface area contributed by atoms with Crippen molar-refractivity contribution in [1.29, 1.82) is 0 Å². The molecule has 0 bridgehead atoms. The molecule has 9 nitrogen and oxygen atoms in total. The number of nitrogens with zero attached hydrogens (tertiary/aromatic N) is 7. The van der Waals surface area contributed by atoms with Gasteiger partial charge < -0.3 is 14.5 Å². The number of aryl methyl sites for hydroxylation is 1. The molecule has 0 spiro atoms. The number of fused-ring (bicyclic) bond motifs is 1. The van der Waals surface area contributed by atoms with Crippen LogP contribution >= 0.6 is 0 Å². The number of pyridine rings is 2. The minimum atomic E-state index is -0.340. The number of carbonyl (C=O) groups excluding carboxylic acids is 1. The molecule has 0 saturated carbocycles. The Bertz CT molecular complexity index is 1130. The van der Waals surface area contributed by atoms with E-state index in [2.05, 4.69) is 30.5 Å². The Hall–Kier alpha value is -3.62. The van der Waals surface area contributed by atoms with Gasteiger partial charge in [-0.3, -0.25) is 4.79 Å². The maximum atomic E-state index is 12.6. The molecule has 0 radical (unpaired) electrons. The fraction of sp³-hybridized carbons (Fsp3) is 0.222. The third kappa shape index (κ3) is 3.14. The molecule has 0 unspecified atom stereocenters. The van der Waals surface area contributed by atoms with E-state index in [0.29, 0.717) is 23.0 Å². The highest BCUT2D eigenvalue weighted by Crippen LogP contribution is 2.20. The third-order valence-electron chi connectivity index (χ3n) is 4.19. The monoisotopic (exact) mass is 362 g/mol. The normalized spacial score (nSPS) is 11.3. The lowest BCUT2D eigenvalue weighted by Gasteiger charge is -2.10. The third-order valence-corrected chi connectivity index (χ3v) is 4.19. The quantitative estimate of drug-likeness (QED) is 0.598. The molecule has 136 valence electrons. The van der Waals surface area contributed by atoms with E-state index in [1.54, 1.807) is 31.0 Å². The van der Waals surface area contributed by atoms with Crippen molar-refractivity contribution >= 4 is 22.8 Å². The molecule has 9 heteroatoms. The van der Waals surface area contributed by atoms with Crippen molar-refractivity contribution in [2.24, 2.45) is 7.05 Å². The van der Waals surface area contributed by atoms with Gasteiger partial charge in [-0.25, -0.2) is 15.0 Å². The van der Waals surface area contributed by atoms with E-state index in [1.165, 1.54) is 0 Å². The minimum Gasteiger partial charge on any atom is -0.334 e. The number of nitrogens with one attached hydrogen (secondary N) is 1. The summed E-state index contributed by atoms with van der Waals surface area (Å²) in [5.41, 5.74) is 2.50. The largest absolute Gasteiger partial charge is 0.334 e.